The molecule has 2 aromatic carbocycles. The first-order valence-electron chi connectivity index (χ1n) is 10.6. The van der Waals surface area contributed by atoms with Crippen LogP contribution in [0.1, 0.15) is 47.3 Å². The first kappa shape index (κ1) is 23.3. The summed E-state index contributed by atoms with van der Waals surface area (Å²) in [5.74, 6) is -1.56. The van der Waals surface area contributed by atoms with Crippen molar-refractivity contribution in [2.75, 3.05) is 20.2 Å². The Bertz CT molecular complexity index is 913. The van der Waals surface area contributed by atoms with E-state index in [0.717, 1.165) is 31.0 Å². The van der Waals surface area contributed by atoms with E-state index in [4.69, 9.17) is 10.5 Å². The summed E-state index contributed by atoms with van der Waals surface area (Å²) in [7, 11) is 1.72. The predicted molar refractivity (Wildman–Crippen MR) is 117 cm³/mol. The third kappa shape index (κ3) is 5.47. The highest BCUT2D eigenvalue weighted by molar-refractivity contribution is 5.93. The van der Waals surface area contributed by atoms with E-state index < -0.39 is 17.5 Å². The molecular formula is C24H31F2N3O2. The van der Waals surface area contributed by atoms with Crippen LogP contribution in [0.2, 0.25) is 0 Å². The highest BCUT2D eigenvalue weighted by atomic mass is 19.1. The van der Waals surface area contributed by atoms with Crippen LogP contribution in [0.4, 0.5) is 8.78 Å². The topological polar surface area (TPSA) is 76.4 Å². The summed E-state index contributed by atoms with van der Waals surface area (Å²) in [4.78, 5) is 11.6. The Labute approximate surface area is 182 Å². The summed E-state index contributed by atoms with van der Waals surface area (Å²) >= 11 is 0. The maximum Gasteiger partial charge on any atom is 0.248 e. The molecule has 31 heavy (non-hydrogen) atoms. The Morgan fingerprint density at radius 1 is 1.16 bits per heavy atom. The summed E-state index contributed by atoms with van der Waals surface area (Å²) in [6, 6.07) is 9.24. The maximum absolute atomic E-state index is 13.3. The summed E-state index contributed by atoms with van der Waals surface area (Å²) in [6.07, 6.45) is 1.61. The Morgan fingerprint density at radius 2 is 1.87 bits per heavy atom. The first-order valence-corrected chi connectivity index (χ1v) is 10.6. The molecule has 0 aromatic heterocycles. The summed E-state index contributed by atoms with van der Waals surface area (Å²) in [5, 5.41) is 6.84. The molecule has 0 saturated heterocycles. The monoisotopic (exact) mass is 431 g/mol. The number of primary amides is 1. The lowest BCUT2D eigenvalue weighted by molar-refractivity contribution is 0.0356. The van der Waals surface area contributed by atoms with E-state index in [9.17, 15) is 13.6 Å². The zero-order chi connectivity index (χ0) is 22.6. The molecule has 0 spiro atoms. The van der Waals surface area contributed by atoms with Crippen molar-refractivity contribution in [3.8, 4) is 0 Å². The van der Waals surface area contributed by atoms with E-state index in [-0.39, 0.29) is 17.6 Å². The van der Waals surface area contributed by atoms with Gasteiger partial charge in [-0.1, -0.05) is 19.9 Å². The number of rotatable bonds is 9. The molecule has 7 heteroatoms. The van der Waals surface area contributed by atoms with Crippen LogP contribution in [0.3, 0.4) is 0 Å². The van der Waals surface area contributed by atoms with E-state index >= 15 is 0 Å². The van der Waals surface area contributed by atoms with Crippen molar-refractivity contribution >= 4 is 5.91 Å². The number of nitrogens with two attached hydrogens (primary N) is 1. The fourth-order valence-corrected chi connectivity index (χ4v) is 4.50. The molecule has 0 fully saturated rings. The van der Waals surface area contributed by atoms with E-state index in [1.165, 1.54) is 17.7 Å². The van der Waals surface area contributed by atoms with Gasteiger partial charge in [0, 0.05) is 43.2 Å². The Kier molecular flexibility index (Phi) is 7.41. The van der Waals surface area contributed by atoms with Crippen LogP contribution in [0.15, 0.2) is 36.4 Å². The molecule has 0 radical (unpaired) electrons. The predicted octanol–water partition coefficient (Wildman–Crippen LogP) is 3.05. The number of methoxy groups -OCH3 is 1. The largest absolute Gasteiger partial charge is 0.379 e. The van der Waals surface area contributed by atoms with Gasteiger partial charge in [0.05, 0.1) is 6.10 Å². The Morgan fingerprint density at radius 3 is 2.52 bits per heavy atom. The molecule has 1 amide bonds. The van der Waals surface area contributed by atoms with E-state index in [1.54, 1.807) is 13.2 Å². The molecule has 2 atom stereocenters. The Hall–Kier alpha value is -2.35. The third-order valence-electron chi connectivity index (χ3n) is 6.11. The third-order valence-corrected chi connectivity index (χ3v) is 6.11. The lowest BCUT2D eigenvalue weighted by atomic mass is 9.67. The number of hydrogen-bond donors (Lipinski definition) is 3. The van der Waals surface area contributed by atoms with Gasteiger partial charge in [-0.15, -0.1) is 0 Å². The van der Waals surface area contributed by atoms with Crippen LogP contribution in [0.25, 0.3) is 0 Å². The molecule has 168 valence electrons. The van der Waals surface area contributed by atoms with Gasteiger partial charge in [0.15, 0.2) is 0 Å². The van der Waals surface area contributed by atoms with Gasteiger partial charge in [-0.3, -0.25) is 4.79 Å². The Balaban J connectivity index is 1.57. The SMILES string of the molecule is CO[C@@H]1Cc2ccc(C(N)=O)cc2C(C)(C)[C@H]1NCCCNCc1cc(F)cc(F)c1. The number of halogens is 2. The molecule has 0 aliphatic heterocycles. The smallest absolute Gasteiger partial charge is 0.248 e. The highest BCUT2D eigenvalue weighted by Gasteiger charge is 2.42. The van der Waals surface area contributed by atoms with Crippen molar-refractivity contribution in [1.82, 2.24) is 10.6 Å². The van der Waals surface area contributed by atoms with Gasteiger partial charge in [-0.05, 0) is 60.5 Å². The van der Waals surface area contributed by atoms with Crippen molar-refractivity contribution in [1.29, 1.82) is 0 Å². The lowest BCUT2D eigenvalue weighted by Gasteiger charge is -2.45. The van der Waals surface area contributed by atoms with Crippen LogP contribution in [0, 0.1) is 11.6 Å². The molecule has 5 nitrogen and oxygen atoms in total. The number of amides is 1. The highest BCUT2D eigenvalue weighted by Crippen LogP contribution is 2.38. The minimum Gasteiger partial charge on any atom is -0.379 e. The number of benzene rings is 2. The number of nitrogens with one attached hydrogen (secondary N) is 2. The summed E-state index contributed by atoms with van der Waals surface area (Å²) in [6.45, 7) is 6.17. The van der Waals surface area contributed by atoms with E-state index in [0.29, 0.717) is 24.2 Å². The van der Waals surface area contributed by atoms with E-state index in [1.807, 2.05) is 12.1 Å². The average Bonchev–Trinajstić information content (AvgIpc) is 2.70. The van der Waals surface area contributed by atoms with Crippen LogP contribution in [-0.4, -0.2) is 38.3 Å². The molecule has 0 bridgehead atoms. The van der Waals surface area contributed by atoms with Gasteiger partial charge in [-0.25, -0.2) is 8.78 Å². The first-order chi connectivity index (χ1) is 14.7. The number of fused-ring (bicyclic) bond motifs is 1. The molecule has 3 rings (SSSR count). The van der Waals surface area contributed by atoms with Crippen molar-refractivity contribution in [2.45, 2.75) is 50.8 Å². The van der Waals surface area contributed by atoms with Gasteiger partial charge in [0.2, 0.25) is 5.91 Å². The number of carbonyl (C=O) groups excluding carboxylic acids is 1. The van der Waals surface area contributed by atoms with Gasteiger partial charge in [0.1, 0.15) is 11.6 Å². The molecule has 1 aliphatic carbocycles. The average molecular weight is 432 g/mol. The minimum atomic E-state index is -0.566. The minimum absolute atomic E-state index is 0.00477. The number of ether oxygens (including phenoxy) is 1. The molecule has 0 heterocycles. The fraction of sp³-hybridized carbons (Fsp3) is 0.458. The lowest BCUT2D eigenvalue weighted by Crippen LogP contribution is -2.57. The quantitative estimate of drug-likeness (QED) is 0.534. The van der Waals surface area contributed by atoms with Crippen LogP contribution < -0.4 is 16.4 Å². The normalized spacial score (nSPS) is 19.8. The van der Waals surface area contributed by atoms with E-state index in [2.05, 4.69) is 24.5 Å². The van der Waals surface area contributed by atoms with Crippen molar-refractivity contribution in [3.05, 3.63) is 70.3 Å². The zero-order valence-corrected chi connectivity index (χ0v) is 18.3. The van der Waals surface area contributed by atoms with Gasteiger partial charge in [-0.2, -0.15) is 0 Å². The second-order valence-electron chi connectivity index (χ2n) is 8.68. The summed E-state index contributed by atoms with van der Waals surface area (Å²) < 4.78 is 32.3. The van der Waals surface area contributed by atoms with Gasteiger partial charge < -0.3 is 21.1 Å². The molecule has 1 aliphatic rings. The number of hydrogen-bond acceptors (Lipinski definition) is 4. The fourth-order valence-electron chi connectivity index (χ4n) is 4.50. The van der Waals surface area contributed by atoms with Crippen molar-refractivity contribution in [3.63, 3.8) is 0 Å². The van der Waals surface area contributed by atoms with Gasteiger partial charge >= 0.3 is 0 Å². The molecule has 2 aromatic rings. The van der Waals surface area contributed by atoms with Crippen molar-refractivity contribution < 1.29 is 18.3 Å². The molecule has 0 saturated carbocycles. The van der Waals surface area contributed by atoms with Crippen LogP contribution in [0.5, 0.6) is 0 Å². The zero-order valence-electron chi connectivity index (χ0n) is 18.3. The maximum atomic E-state index is 13.3. The second-order valence-corrected chi connectivity index (χ2v) is 8.68. The van der Waals surface area contributed by atoms with Gasteiger partial charge in [0.25, 0.3) is 0 Å². The second kappa shape index (κ2) is 9.85. The van der Waals surface area contributed by atoms with Crippen LogP contribution in [-0.2, 0) is 23.1 Å². The standard InChI is InChI=1S/C24H31F2N3O2/c1-24(2)20-11-17(23(27)30)6-5-16(20)12-21(31-3)22(24)29-8-4-7-28-14-15-9-18(25)13-19(26)10-15/h5-6,9-11,13,21-22,28-29H,4,7-8,12,14H2,1-3H3,(H2,27,30)/t21-,22+/m1/s1. The molecule has 4 N–H and O–H groups in total. The molecule has 0 unspecified atom stereocenters. The number of carbonyl (C=O) groups is 1. The molecular weight excluding hydrogens is 400 g/mol. The van der Waals surface area contributed by atoms with Crippen molar-refractivity contribution in [2.24, 2.45) is 5.73 Å². The summed E-state index contributed by atoms with van der Waals surface area (Å²) in [5.41, 5.74) is 8.60. The van der Waals surface area contributed by atoms with Crippen LogP contribution >= 0.6 is 0 Å².